The van der Waals surface area contributed by atoms with Gasteiger partial charge in [0, 0.05) is 12.1 Å². The van der Waals surface area contributed by atoms with Gasteiger partial charge in [-0.05, 0) is 29.8 Å². The van der Waals surface area contributed by atoms with Crippen molar-refractivity contribution in [3.8, 4) is 5.75 Å². The Hall–Kier alpha value is -3.29. The molecule has 0 radical (unpaired) electrons. The largest absolute Gasteiger partial charge is 0.497 e. The van der Waals surface area contributed by atoms with Crippen LogP contribution < -0.4 is 15.4 Å². The third-order valence-electron chi connectivity index (χ3n) is 4.51. The molecule has 0 aliphatic carbocycles. The first-order valence-electron chi connectivity index (χ1n) is 7.67. The minimum Gasteiger partial charge on any atom is -0.497 e. The summed E-state index contributed by atoms with van der Waals surface area (Å²) in [5.41, 5.74) is -0.0775. The number of nitrogens with one attached hydrogen (secondary N) is 2. The molecule has 8 nitrogen and oxygen atoms in total. The standard InChI is InChI=1S/C17H15N3O5/c1-24-11-5-4-10-8-20(14(21)12(10)7-11)9-17(13-3-2-6-25-13)15(22)18-16(23)19-17/h2-7H,8-9H2,1H3,(H2,18,19,22,23)/t17-/m0/s1. The second kappa shape index (κ2) is 5.37. The second-order valence-electron chi connectivity index (χ2n) is 5.98. The SMILES string of the molecule is COc1ccc2c(c1)C(=O)N(C[C@@]1(c3ccco3)NC(=O)NC1=O)C2. The molecule has 1 fully saturated rings. The molecule has 4 rings (SSSR count). The van der Waals surface area contributed by atoms with E-state index < -0.39 is 17.5 Å². The first-order valence-corrected chi connectivity index (χ1v) is 7.67. The number of furan rings is 1. The number of hydrogen-bond donors (Lipinski definition) is 2. The predicted molar refractivity (Wildman–Crippen MR) is 84.8 cm³/mol. The fourth-order valence-corrected chi connectivity index (χ4v) is 3.26. The lowest BCUT2D eigenvalue weighted by atomic mass is 9.95. The van der Waals surface area contributed by atoms with E-state index in [1.54, 1.807) is 24.3 Å². The molecule has 2 aliphatic heterocycles. The first kappa shape index (κ1) is 15.3. The molecule has 1 aromatic heterocycles. The zero-order valence-electron chi connectivity index (χ0n) is 13.4. The molecule has 1 aromatic carbocycles. The zero-order chi connectivity index (χ0) is 17.6. The molecule has 0 bridgehead atoms. The van der Waals surface area contributed by atoms with Gasteiger partial charge in [-0.15, -0.1) is 0 Å². The van der Waals surface area contributed by atoms with E-state index >= 15 is 0 Å². The van der Waals surface area contributed by atoms with Crippen molar-refractivity contribution in [3.05, 3.63) is 53.5 Å². The zero-order valence-corrected chi connectivity index (χ0v) is 13.4. The van der Waals surface area contributed by atoms with Crippen molar-refractivity contribution < 1.29 is 23.5 Å². The minimum atomic E-state index is -1.44. The van der Waals surface area contributed by atoms with Crippen molar-refractivity contribution in [2.75, 3.05) is 13.7 Å². The van der Waals surface area contributed by atoms with Gasteiger partial charge in [0.1, 0.15) is 11.5 Å². The minimum absolute atomic E-state index is 0.0338. The highest BCUT2D eigenvalue weighted by molar-refractivity contribution is 6.08. The highest BCUT2D eigenvalue weighted by Crippen LogP contribution is 2.32. The van der Waals surface area contributed by atoms with E-state index in [0.717, 1.165) is 5.56 Å². The number of methoxy groups -OCH3 is 1. The van der Waals surface area contributed by atoms with E-state index in [0.29, 0.717) is 17.9 Å². The van der Waals surface area contributed by atoms with Gasteiger partial charge >= 0.3 is 6.03 Å². The van der Waals surface area contributed by atoms with Crippen LogP contribution in [0.15, 0.2) is 41.0 Å². The molecule has 2 aliphatic rings. The van der Waals surface area contributed by atoms with Gasteiger partial charge in [-0.2, -0.15) is 0 Å². The summed E-state index contributed by atoms with van der Waals surface area (Å²) in [6.45, 7) is 0.303. The van der Waals surface area contributed by atoms with Crippen molar-refractivity contribution >= 4 is 17.8 Å². The fourth-order valence-electron chi connectivity index (χ4n) is 3.26. The highest BCUT2D eigenvalue weighted by atomic mass is 16.5. The van der Waals surface area contributed by atoms with E-state index in [9.17, 15) is 14.4 Å². The average molecular weight is 341 g/mol. The first-order chi connectivity index (χ1) is 12.0. The number of rotatable bonds is 4. The number of carbonyl (C=O) groups is 3. The van der Waals surface area contributed by atoms with Gasteiger partial charge < -0.3 is 19.4 Å². The Bertz CT molecular complexity index is 876. The molecule has 3 heterocycles. The van der Waals surface area contributed by atoms with Crippen LogP contribution in [-0.4, -0.2) is 36.4 Å². The number of urea groups is 1. The average Bonchev–Trinajstić information content (AvgIpc) is 3.29. The highest BCUT2D eigenvalue weighted by Gasteiger charge is 2.52. The summed E-state index contributed by atoms with van der Waals surface area (Å²) in [5, 5.41) is 4.82. The molecule has 4 amide bonds. The van der Waals surface area contributed by atoms with Crippen LogP contribution in [-0.2, 0) is 16.9 Å². The van der Waals surface area contributed by atoms with Crippen LogP contribution in [0.5, 0.6) is 5.75 Å². The number of carbonyl (C=O) groups excluding carboxylic acids is 3. The van der Waals surface area contributed by atoms with Crippen LogP contribution >= 0.6 is 0 Å². The molecule has 2 aromatic rings. The number of hydrogen-bond acceptors (Lipinski definition) is 5. The molecule has 128 valence electrons. The van der Waals surface area contributed by atoms with Gasteiger partial charge in [0.05, 0.1) is 19.9 Å². The van der Waals surface area contributed by atoms with E-state index in [2.05, 4.69) is 10.6 Å². The van der Waals surface area contributed by atoms with Crippen molar-refractivity contribution in [3.63, 3.8) is 0 Å². The lowest BCUT2D eigenvalue weighted by Crippen LogP contribution is -2.52. The molecule has 8 heteroatoms. The number of benzene rings is 1. The summed E-state index contributed by atoms with van der Waals surface area (Å²) in [5.74, 6) is 0.0846. The van der Waals surface area contributed by atoms with Gasteiger partial charge in [0.15, 0.2) is 5.54 Å². The predicted octanol–water partition coefficient (Wildman–Crippen LogP) is 0.979. The van der Waals surface area contributed by atoms with E-state index in [-0.39, 0.29) is 18.2 Å². The second-order valence-corrected chi connectivity index (χ2v) is 5.98. The maximum atomic E-state index is 12.7. The lowest BCUT2D eigenvalue weighted by Gasteiger charge is -2.28. The monoisotopic (exact) mass is 341 g/mol. The van der Waals surface area contributed by atoms with Crippen molar-refractivity contribution in [2.45, 2.75) is 12.1 Å². The van der Waals surface area contributed by atoms with Gasteiger partial charge in [0.25, 0.3) is 11.8 Å². The summed E-state index contributed by atoms with van der Waals surface area (Å²) < 4.78 is 10.5. The Balaban J connectivity index is 1.68. The van der Waals surface area contributed by atoms with E-state index in [1.807, 2.05) is 6.07 Å². The molecule has 0 saturated carbocycles. The lowest BCUT2D eigenvalue weighted by molar-refractivity contribution is -0.125. The van der Waals surface area contributed by atoms with Crippen LogP contribution in [0, 0.1) is 0 Å². The number of ether oxygens (including phenoxy) is 1. The van der Waals surface area contributed by atoms with Crippen LogP contribution in [0.2, 0.25) is 0 Å². The van der Waals surface area contributed by atoms with Crippen LogP contribution in [0.3, 0.4) is 0 Å². The Labute approximate surface area is 142 Å². The Morgan fingerprint density at radius 2 is 2.12 bits per heavy atom. The van der Waals surface area contributed by atoms with Crippen LogP contribution in [0.4, 0.5) is 4.79 Å². The molecule has 1 atom stereocenters. The molecule has 0 spiro atoms. The molecule has 2 N–H and O–H groups in total. The molecule has 0 unspecified atom stereocenters. The Morgan fingerprint density at radius 3 is 2.76 bits per heavy atom. The summed E-state index contributed by atoms with van der Waals surface area (Å²) in [4.78, 5) is 38.4. The van der Waals surface area contributed by atoms with Gasteiger partial charge in [-0.1, -0.05) is 6.07 Å². The van der Waals surface area contributed by atoms with Crippen LogP contribution in [0.25, 0.3) is 0 Å². The summed E-state index contributed by atoms with van der Waals surface area (Å²) in [7, 11) is 1.53. The smallest absolute Gasteiger partial charge is 0.322 e. The quantitative estimate of drug-likeness (QED) is 0.808. The number of fused-ring (bicyclic) bond motifs is 1. The third kappa shape index (κ3) is 2.25. The van der Waals surface area contributed by atoms with E-state index in [1.165, 1.54) is 18.3 Å². The molecular formula is C17H15N3O5. The van der Waals surface area contributed by atoms with Crippen molar-refractivity contribution in [1.29, 1.82) is 0 Å². The van der Waals surface area contributed by atoms with Crippen molar-refractivity contribution in [2.24, 2.45) is 0 Å². The summed E-state index contributed by atoms with van der Waals surface area (Å²) in [6, 6.07) is 7.88. The van der Waals surface area contributed by atoms with Gasteiger partial charge in [-0.3, -0.25) is 14.9 Å². The number of imide groups is 1. The van der Waals surface area contributed by atoms with Gasteiger partial charge in [0.2, 0.25) is 0 Å². The van der Waals surface area contributed by atoms with E-state index in [4.69, 9.17) is 9.15 Å². The fraction of sp³-hybridized carbons (Fsp3) is 0.235. The van der Waals surface area contributed by atoms with Crippen LogP contribution in [0.1, 0.15) is 21.7 Å². The topological polar surface area (TPSA) is 101 Å². The Kier molecular flexibility index (Phi) is 3.28. The molecular weight excluding hydrogens is 326 g/mol. The number of nitrogens with zero attached hydrogens (tertiary/aromatic N) is 1. The maximum absolute atomic E-state index is 12.7. The normalized spacial score (nSPS) is 22.0. The van der Waals surface area contributed by atoms with Crippen molar-refractivity contribution in [1.82, 2.24) is 15.5 Å². The summed E-state index contributed by atoms with van der Waals surface area (Å²) in [6.07, 6.45) is 1.42. The third-order valence-corrected chi connectivity index (χ3v) is 4.51. The Morgan fingerprint density at radius 1 is 1.28 bits per heavy atom. The maximum Gasteiger partial charge on any atom is 0.322 e. The molecule has 25 heavy (non-hydrogen) atoms. The number of amides is 4. The van der Waals surface area contributed by atoms with Gasteiger partial charge in [-0.25, -0.2) is 4.79 Å². The molecule has 1 saturated heterocycles. The summed E-state index contributed by atoms with van der Waals surface area (Å²) >= 11 is 0.